The number of anilines is 1. The Balaban J connectivity index is 1.71. The second-order valence-electron chi connectivity index (χ2n) is 7.02. The molecule has 1 heterocycles. The van der Waals surface area contributed by atoms with Gasteiger partial charge in [0.25, 0.3) is 0 Å². The van der Waals surface area contributed by atoms with Crippen molar-refractivity contribution in [1.82, 2.24) is 4.90 Å². The molecule has 0 bridgehead atoms. The van der Waals surface area contributed by atoms with Gasteiger partial charge in [-0.25, -0.2) is 4.79 Å². The van der Waals surface area contributed by atoms with Gasteiger partial charge < -0.3 is 14.4 Å². The Bertz CT molecular complexity index is 883. The number of halogens is 3. The third-order valence-corrected chi connectivity index (χ3v) is 5.84. The molecule has 0 aromatic heterocycles. The summed E-state index contributed by atoms with van der Waals surface area (Å²) in [7, 11) is 0. The van der Waals surface area contributed by atoms with Gasteiger partial charge in [-0.05, 0) is 42.7 Å². The molecule has 9 heteroatoms. The van der Waals surface area contributed by atoms with Crippen molar-refractivity contribution in [2.24, 2.45) is 0 Å². The average Bonchev–Trinajstić information content (AvgIpc) is 2.71. The zero-order chi connectivity index (χ0) is 21.6. The first-order chi connectivity index (χ1) is 14.4. The zero-order valence-electron chi connectivity index (χ0n) is 16.1. The SMILES string of the molecule is O=CN(Cc1ccccc1Cl)C1(COC(=O)Nc2cc(Cl)cc(Cl)c2)CCOCC1. The molecular weight excluding hydrogens is 451 g/mol. The van der Waals surface area contributed by atoms with Gasteiger partial charge in [0.15, 0.2) is 0 Å². The highest BCUT2D eigenvalue weighted by Gasteiger charge is 2.40. The van der Waals surface area contributed by atoms with Crippen LogP contribution in [0.2, 0.25) is 15.1 Å². The Hall–Kier alpha value is -1.99. The van der Waals surface area contributed by atoms with Gasteiger partial charge in [-0.3, -0.25) is 10.1 Å². The number of hydrogen-bond donors (Lipinski definition) is 1. The van der Waals surface area contributed by atoms with E-state index in [1.54, 1.807) is 29.2 Å². The van der Waals surface area contributed by atoms with E-state index in [4.69, 9.17) is 44.3 Å². The summed E-state index contributed by atoms with van der Waals surface area (Å²) in [4.78, 5) is 26.0. The summed E-state index contributed by atoms with van der Waals surface area (Å²) < 4.78 is 11.0. The Morgan fingerprint density at radius 3 is 2.43 bits per heavy atom. The molecule has 2 amide bonds. The molecule has 0 radical (unpaired) electrons. The first-order valence-corrected chi connectivity index (χ1v) is 10.5. The van der Waals surface area contributed by atoms with Gasteiger partial charge >= 0.3 is 6.09 Å². The minimum absolute atomic E-state index is 0.0136. The quantitative estimate of drug-likeness (QED) is 0.549. The van der Waals surface area contributed by atoms with Crippen LogP contribution in [0.25, 0.3) is 0 Å². The molecule has 1 fully saturated rings. The highest BCUT2D eigenvalue weighted by molar-refractivity contribution is 6.35. The third-order valence-electron chi connectivity index (χ3n) is 5.04. The van der Waals surface area contributed by atoms with Crippen LogP contribution in [0, 0.1) is 0 Å². The fourth-order valence-electron chi connectivity index (χ4n) is 3.37. The van der Waals surface area contributed by atoms with Gasteiger partial charge in [-0.1, -0.05) is 53.0 Å². The van der Waals surface area contributed by atoms with Gasteiger partial charge in [0.2, 0.25) is 6.41 Å². The summed E-state index contributed by atoms with van der Waals surface area (Å²) in [6.45, 7) is 1.24. The Morgan fingerprint density at radius 2 is 1.80 bits per heavy atom. The van der Waals surface area contributed by atoms with E-state index in [1.807, 2.05) is 18.2 Å². The van der Waals surface area contributed by atoms with E-state index in [1.165, 1.54) is 0 Å². The van der Waals surface area contributed by atoms with Crippen LogP contribution in [0.3, 0.4) is 0 Å². The average molecular weight is 472 g/mol. The van der Waals surface area contributed by atoms with E-state index in [2.05, 4.69) is 5.32 Å². The monoisotopic (exact) mass is 470 g/mol. The fourth-order valence-corrected chi connectivity index (χ4v) is 4.09. The van der Waals surface area contributed by atoms with Crippen LogP contribution in [0.5, 0.6) is 0 Å². The molecule has 1 saturated heterocycles. The normalized spacial score (nSPS) is 15.3. The molecule has 1 N–H and O–H groups in total. The van der Waals surface area contributed by atoms with Crippen LogP contribution >= 0.6 is 34.8 Å². The predicted octanol–water partition coefficient (Wildman–Crippen LogP) is 5.40. The van der Waals surface area contributed by atoms with Crippen LogP contribution in [0.4, 0.5) is 10.5 Å². The van der Waals surface area contributed by atoms with Crippen molar-refractivity contribution >= 4 is 53.0 Å². The molecule has 0 unspecified atom stereocenters. The smallest absolute Gasteiger partial charge is 0.411 e. The number of nitrogens with zero attached hydrogens (tertiary/aromatic N) is 1. The maximum atomic E-state index is 12.4. The number of amides is 2. The standard InChI is InChI=1S/C21H21Cl3N2O4/c22-16-9-17(23)11-18(10-16)25-20(28)30-13-21(5-7-29-8-6-21)26(14-27)12-15-3-1-2-4-19(15)24/h1-4,9-11,14H,5-8,12-13H2,(H,25,28). The van der Waals surface area contributed by atoms with Gasteiger partial charge in [0.1, 0.15) is 6.61 Å². The molecule has 0 atom stereocenters. The molecule has 160 valence electrons. The predicted molar refractivity (Wildman–Crippen MR) is 117 cm³/mol. The number of ether oxygens (including phenoxy) is 2. The number of benzene rings is 2. The van der Waals surface area contributed by atoms with Crippen LogP contribution < -0.4 is 5.32 Å². The van der Waals surface area contributed by atoms with Crippen molar-refractivity contribution < 1.29 is 19.1 Å². The van der Waals surface area contributed by atoms with E-state index < -0.39 is 11.6 Å². The van der Waals surface area contributed by atoms with Crippen LogP contribution in [-0.4, -0.2) is 42.8 Å². The number of rotatable bonds is 7. The molecule has 0 saturated carbocycles. The summed E-state index contributed by atoms with van der Waals surface area (Å²) >= 11 is 18.2. The molecule has 30 heavy (non-hydrogen) atoms. The summed E-state index contributed by atoms with van der Waals surface area (Å²) in [6, 6.07) is 12.0. The third kappa shape index (κ3) is 5.79. The number of carbonyl (C=O) groups is 2. The van der Waals surface area contributed by atoms with E-state index >= 15 is 0 Å². The Labute approximate surface area is 190 Å². The maximum absolute atomic E-state index is 12.4. The highest BCUT2D eigenvalue weighted by Crippen LogP contribution is 2.31. The molecule has 3 rings (SSSR count). The molecular formula is C21H21Cl3N2O4. The van der Waals surface area contributed by atoms with Crippen molar-refractivity contribution in [2.45, 2.75) is 24.9 Å². The molecule has 0 aliphatic carbocycles. The summed E-state index contributed by atoms with van der Waals surface area (Å²) in [5.74, 6) is 0. The first-order valence-electron chi connectivity index (χ1n) is 9.35. The van der Waals surface area contributed by atoms with Crippen molar-refractivity contribution in [3.8, 4) is 0 Å². The number of nitrogens with one attached hydrogen (secondary N) is 1. The van der Waals surface area contributed by atoms with Crippen LogP contribution in [0.1, 0.15) is 18.4 Å². The van der Waals surface area contributed by atoms with E-state index in [0.29, 0.717) is 53.4 Å². The van der Waals surface area contributed by atoms with Crippen LogP contribution in [-0.2, 0) is 20.8 Å². The van der Waals surface area contributed by atoms with E-state index in [-0.39, 0.29) is 6.61 Å². The molecule has 1 aliphatic heterocycles. The Morgan fingerprint density at radius 1 is 1.13 bits per heavy atom. The molecule has 6 nitrogen and oxygen atoms in total. The second-order valence-corrected chi connectivity index (χ2v) is 8.30. The first kappa shape index (κ1) is 22.7. The Kier molecular flexibility index (Phi) is 7.83. The maximum Gasteiger partial charge on any atom is 0.411 e. The van der Waals surface area contributed by atoms with Crippen molar-refractivity contribution in [1.29, 1.82) is 0 Å². The summed E-state index contributed by atoms with van der Waals surface area (Å²) in [5.41, 5.74) is 0.541. The minimum atomic E-state index is -0.692. The van der Waals surface area contributed by atoms with Crippen molar-refractivity contribution in [3.63, 3.8) is 0 Å². The minimum Gasteiger partial charge on any atom is -0.447 e. The summed E-state index contributed by atoms with van der Waals surface area (Å²) in [5, 5.41) is 3.97. The highest BCUT2D eigenvalue weighted by atomic mass is 35.5. The topological polar surface area (TPSA) is 67.9 Å². The lowest BCUT2D eigenvalue weighted by Crippen LogP contribution is -2.55. The zero-order valence-corrected chi connectivity index (χ0v) is 18.3. The molecule has 2 aromatic carbocycles. The van der Waals surface area contributed by atoms with Crippen LogP contribution in [0.15, 0.2) is 42.5 Å². The number of carbonyl (C=O) groups excluding carboxylic acids is 2. The lowest BCUT2D eigenvalue weighted by atomic mass is 9.88. The van der Waals surface area contributed by atoms with Crippen molar-refractivity contribution in [2.75, 3.05) is 25.1 Å². The van der Waals surface area contributed by atoms with Gasteiger partial charge in [0, 0.05) is 40.5 Å². The van der Waals surface area contributed by atoms with E-state index in [9.17, 15) is 9.59 Å². The summed E-state index contributed by atoms with van der Waals surface area (Å²) in [6.07, 6.45) is 1.17. The van der Waals surface area contributed by atoms with E-state index in [0.717, 1.165) is 12.0 Å². The fraction of sp³-hybridized carbons (Fsp3) is 0.333. The lowest BCUT2D eigenvalue weighted by molar-refractivity contribution is -0.132. The van der Waals surface area contributed by atoms with Gasteiger partial charge in [-0.2, -0.15) is 0 Å². The lowest BCUT2D eigenvalue weighted by Gasteiger charge is -2.44. The van der Waals surface area contributed by atoms with Gasteiger partial charge in [-0.15, -0.1) is 0 Å². The number of hydrogen-bond acceptors (Lipinski definition) is 4. The molecule has 1 aliphatic rings. The molecule has 0 spiro atoms. The van der Waals surface area contributed by atoms with Gasteiger partial charge in [0.05, 0.1) is 5.54 Å². The second kappa shape index (κ2) is 10.4. The van der Waals surface area contributed by atoms with Crippen molar-refractivity contribution in [3.05, 3.63) is 63.1 Å². The molecule has 2 aromatic rings. The largest absolute Gasteiger partial charge is 0.447 e.